The van der Waals surface area contributed by atoms with E-state index in [9.17, 15) is 0 Å². The minimum atomic E-state index is 0.397. The first-order chi connectivity index (χ1) is 13.1. The van der Waals surface area contributed by atoms with E-state index in [-0.39, 0.29) is 0 Å². The molecule has 3 aromatic rings. The Kier molecular flexibility index (Phi) is 6.67. The molecule has 27 heavy (non-hydrogen) atoms. The van der Waals surface area contributed by atoms with Crippen molar-refractivity contribution in [2.45, 2.75) is 33.3 Å². The van der Waals surface area contributed by atoms with Crippen molar-refractivity contribution in [3.05, 3.63) is 95.6 Å². The van der Waals surface area contributed by atoms with Crippen LogP contribution in [0.3, 0.4) is 0 Å². The van der Waals surface area contributed by atoms with Crippen molar-refractivity contribution >= 4 is 0 Å². The monoisotopic (exact) mass is 360 g/mol. The lowest BCUT2D eigenvalue weighted by Crippen LogP contribution is -2.14. The van der Waals surface area contributed by atoms with E-state index in [4.69, 9.17) is 9.47 Å². The Hall–Kier alpha value is -2.58. The summed E-state index contributed by atoms with van der Waals surface area (Å²) in [5.74, 6) is 2.60. The lowest BCUT2D eigenvalue weighted by Gasteiger charge is -2.22. The number of para-hydroxylation sites is 1. The van der Waals surface area contributed by atoms with Crippen LogP contribution in [0.2, 0.25) is 0 Å². The first-order valence-corrected chi connectivity index (χ1v) is 9.58. The third kappa shape index (κ3) is 5.70. The van der Waals surface area contributed by atoms with Crippen LogP contribution in [0.5, 0.6) is 11.5 Å². The van der Waals surface area contributed by atoms with E-state index in [2.05, 4.69) is 51.1 Å². The second-order valence-electron chi connectivity index (χ2n) is 7.34. The first kappa shape index (κ1) is 19.2. The number of hydrogen-bond donors (Lipinski definition) is 0. The normalized spacial score (nSPS) is 12.1. The molecule has 1 unspecified atom stereocenters. The van der Waals surface area contributed by atoms with Gasteiger partial charge in [0.25, 0.3) is 0 Å². The fourth-order valence-electron chi connectivity index (χ4n) is 3.20. The zero-order chi connectivity index (χ0) is 19.1. The Bertz CT molecular complexity index is 840. The van der Waals surface area contributed by atoms with Gasteiger partial charge in [0.15, 0.2) is 0 Å². The van der Waals surface area contributed by atoms with Crippen molar-refractivity contribution in [1.29, 1.82) is 0 Å². The quantitative estimate of drug-likeness (QED) is 0.442. The predicted octanol–water partition coefficient (Wildman–Crippen LogP) is 6.74. The molecular weight excluding hydrogens is 332 g/mol. The molecule has 140 valence electrons. The van der Waals surface area contributed by atoms with Crippen molar-refractivity contribution in [1.82, 2.24) is 0 Å². The third-order valence-corrected chi connectivity index (χ3v) is 4.72. The molecule has 1 atom stereocenters. The van der Waals surface area contributed by atoms with Gasteiger partial charge in [-0.25, -0.2) is 0 Å². The first-order valence-electron chi connectivity index (χ1n) is 9.58. The van der Waals surface area contributed by atoms with Gasteiger partial charge in [-0.05, 0) is 48.2 Å². The van der Waals surface area contributed by atoms with Crippen LogP contribution in [0.1, 0.15) is 36.5 Å². The maximum absolute atomic E-state index is 6.09. The summed E-state index contributed by atoms with van der Waals surface area (Å²) in [6.07, 6.45) is 0. The number of aryl methyl sites for hydroxylation is 1. The molecule has 2 nitrogen and oxygen atoms in total. The van der Waals surface area contributed by atoms with E-state index >= 15 is 0 Å². The van der Waals surface area contributed by atoms with Gasteiger partial charge in [0.05, 0.1) is 13.2 Å². The molecule has 0 saturated carbocycles. The molecule has 0 spiro atoms. The Morgan fingerprint density at radius 3 is 2.26 bits per heavy atom. The highest BCUT2D eigenvalue weighted by atomic mass is 16.5. The summed E-state index contributed by atoms with van der Waals surface area (Å²) < 4.78 is 12.0. The molecule has 0 aromatic heterocycles. The van der Waals surface area contributed by atoms with Crippen molar-refractivity contribution in [3.8, 4) is 11.5 Å². The lowest BCUT2D eigenvalue weighted by atomic mass is 9.88. The molecule has 0 N–H and O–H groups in total. The van der Waals surface area contributed by atoms with E-state index in [1.54, 1.807) is 0 Å². The molecule has 3 aromatic carbocycles. The smallest absolute Gasteiger partial charge is 0.127 e. The molecule has 0 aliphatic heterocycles. The van der Waals surface area contributed by atoms with E-state index < -0.39 is 0 Å². The van der Waals surface area contributed by atoms with Crippen LogP contribution in [0.4, 0.5) is 0 Å². The van der Waals surface area contributed by atoms with Gasteiger partial charge in [-0.15, -0.1) is 0 Å². The minimum absolute atomic E-state index is 0.397. The lowest BCUT2D eigenvalue weighted by molar-refractivity contribution is 0.0957. The highest BCUT2D eigenvalue weighted by Crippen LogP contribution is 2.26. The fourth-order valence-corrected chi connectivity index (χ4v) is 3.20. The summed E-state index contributed by atoms with van der Waals surface area (Å²) in [6.45, 7) is 7.95. The van der Waals surface area contributed by atoms with Gasteiger partial charge in [-0.2, -0.15) is 0 Å². The Labute approximate surface area is 162 Å². The molecule has 2 heteroatoms. The molecule has 0 heterocycles. The fraction of sp³-hybridized carbons (Fsp3) is 0.280. The summed E-state index contributed by atoms with van der Waals surface area (Å²) in [5, 5.41) is 0. The maximum atomic E-state index is 6.09. The van der Waals surface area contributed by atoms with Gasteiger partial charge in [-0.1, -0.05) is 74.0 Å². The summed E-state index contributed by atoms with van der Waals surface area (Å²) >= 11 is 0. The summed E-state index contributed by atoms with van der Waals surface area (Å²) in [7, 11) is 0. The van der Waals surface area contributed by atoms with Gasteiger partial charge >= 0.3 is 0 Å². The van der Waals surface area contributed by atoms with Crippen LogP contribution in [-0.4, -0.2) is 6.61 Å². The SMILES string of the molecule is Cc1cccc(C(COCc2cccc(Oc3ccccc3)c2)C(C)C)c1. The predicted molar refractivity (Wildman–Crippen MR) is 111 cm³/mol. The third-order valence-electron chi connectivity index (χ3n) is 4.72. The largest absolute Gasteiger partial charge is 0.457 e. The van der Waals surface area contributed by atoms with Crippen LogP contribution in [0.15, 0.2) is 78.9 Å². The summed E-state index contributed by atoms with van der Waals surface area (Å²) in [4.78, 5) is 0. The molecule has 0 aliphatic rings. The highest BCUT2D eigenvalue weighted by molar-refractivity contribution is 5.33. The molecular formula is C25H28O2. The molecule has 0 bridgehead atoms. The van der Waals surface area contributed by atoms with Gasteiger partial charge in [0.1, 0.15) is 11.5 Å². The minimum Gasteiger partial charge on any atom is -0.457 e. The van der Waals surface area contributed by atoms with Crippen LogP contribution >= 0.6 is 0 Å². The molecule has 0 saturated heterocycles. The van der Waals surface area contributed by atoms with Gasteiger partial charge in [0.2, 0.25) is 0 Å². The van der Waals surface area contributed by atoms with Crippen molar-refractivity contribution < 1.29 is 9.47 Å². The van der Waals surface area contributed by atoms with Gasteiger partial charge in [0, 0.05) is 5.92 Å². The van der Waals surface area contributed by atoms with E-state index in [0.29, 0.717) is 25.0 Å². The van der Waals surface area contributed by atoms with Gasteiger partial charge < -0.3 is 9.47 Å². The van der Waals surface area contributed by atoms with Crippen LogP contribution in [0, 0.1) is 12.8 Å². The van der Waals surface area contributed by atoms with Crippen LogP contribution in [-0.2, 0) is 11.3 Å². The second kappa shape index (κ2) is 9.38. The Morgan fingerprint density at radius 1 is 0.778 bits per heavy atom. The van der Waals surface area contributed by atoms with Crippen LogP contribution in [0.25, 0.3) is 0 Å². The topological polar surface area (TPSA) is 18.5 Å². The molecule has 0 amide bonds. The van der Waals surface area contributed by atoms with Gasteiger partial charge in [-0.3, -0.25) is 0 Å². The zero-order valence-electron chi connectivity index (χ0n) is 16.4. The average Bonchev–Trinajstić information content (AvgIpc) is 2.66. The number of ether oxygens (including phenoxy) is 2. The standard InChI is InChI=1S/C25H28O2/c1-19(2)25(22-11-7-9-20(3)15-22)18-26-17-21-10-8-14-24(16-21)27-23-12-5-4-6-13-23/h4-16,19,25H,17-18H2,1-3H3. The van der Waals surface area contributed by atoms with Crippen molar-refractivity contribution in [2.24, 2.45) is 5.92 Å². The molecule has 0 aliphatic carbocycles. The number of rotatable bonds is 8. The average molecular weight is 360 g/mol. The number of benzene rings is 3. The molecule has 0 radical (unpaired) electrons. The Morgan fingerprint density at radius 2 is 1.52 bits per heavy atom. The zero-order valence-corrected chi connectivity index (χ0v) is 16.4. The number of hydrogen-bond acceptors (Lipinski definition) is 2. The van der Waals surface area contributed by atoms with Crippen molar-refractivity contribution in [3.63, 3.8) is 0 Å². The van der Waals surface area contributed by atoms with Crippen molar-refractivity contribution in [2.75, 3.05) is 6.61 Å². The summed E-state index contributed by atoms with van der Waals surface area (Å²) in [5.41, 5.74) is 3.77. The van der Waals surface area contributed by atoms with E-state index in [0.717, 1.165) is 17.1 Å². The Balaban J connectivity index is 1.60. The highest BCUT2D eigenvalue weighted by Gasteiger charge is 2.16. The van der Waals surface area contributed by atoms with E-state index in [1.807, 2.05) is 48.5 Å². The summed E-state index contributed by atoms with van der Waals surface area (Å²) in [6, 6.07) is 26.7. The maximum Gasteiger partial charge on any atom is 0.127 e. The van der Waals surface area contributed by atoms with E-state index in [1.165, 1.54) is 11.1 Å². The second-order valence-corrected chi connectivity index (χ2v) is 7.34. The molecule has 3 rings (SSSR count). The van der Waals surface area contributed by atoms with Crippen LogP contribution < -0.4 is 4.74 Å². The molecule has 0 fully saturated rings.